The zero-order valence-electron chi connectivity index (χ0n) is 15.9. The molecule has 0 bridgehead atoms. The predicted octanol–water partition coefficient (Wildman–Crippen LogP) is 2.91. The Balaban J connectivity index is 1.53. The van der Waals surface area contributed by atoms with Gasteiger partial charge in [-0.2, -0.15) is 0 Å². The number of nitrogens with zero attached hydrogens (tertiary/aromatic N) is 5. The van der Waals surface area contributed by atoms with Gasteiger partial charge in [-0.3, -0.25) is 9.20 Å². The minimum Gasteiger partial charge on any atom is -0.391 e. The van der Waals surface area contributed by atoms with Crippen LogP contribution in [-0.4, -0.2) is 54.0 Å². The first-order valence-corrected chi connectivity index (χ1v) is 10.2. The van der Waals surface area contributed by atoms with Crippen molar-refractivity contribution in [3.63, 3.8) is 0 Å². The number of piperidine rings is 1. The molecule has 4 heterocycles. The van der Waals surface area contributed by atoms with E-state index in [0.717, 1.165) is 24.1 Å². The fraction of sp³-hybridized carbons (Fsp3) is 0.476. The van der Waals surface area contributed by atoms with Crippen LogP contribution in [0.5, 0.6) is 0 Å². The van der Waals surface area contributed by atoms with E-state index in [4.69, 9.17) is 4.98 Å². The van der Waals surface area contributed by atoms with Crippen molar-refractivity contribution in [2.45, 2.75) is 50.7 Å². The number of β-amino-alcohol motifs (C(OH)–C–C–N with tert-alkyl or cyclic N) is 1. The van der Waals surface area contributed by atoms with Crippen LogP contribution < -0.4 is 0 Å². The van der Waals surface area contributed by atoms with Crippen LogP contribution in [0.3, 0.4) is 0 Å². The maximum atomic E-state index is 13.1. The number of pyridine rings is 1. The van der Waals surface area contributed by atoms with Crippen molar-refractivity contribution >= 4 is 11.4 Å². The molecule has 1 unspecified atom stereocenters. The largest absolute Gasteiger partial charge is 0.391 e. The molecule has 1 N–H and O–H groups in total. The van der Waals surface area contributed by atoms with Crippen LogP contribution in [0.4, 0.5) is 0 Å². The van der Waals surface area contributed by atoms with Crippen molar-refractivity contribution in [2.75, 3.05) is 13.1 Å². The monoisotopic (exact) mass is 379 g/mol. The average molecular weight is 379 g/mol. The van der Waals surface area contributed by atoms with E-state index in [0.29, 0.717) is 30.6 Å². The molecular weight excluding hydrogens is 354 g/mol. The molecule has 1 amide bonds. The first-order valence-electron chi connectivity index (χ1n) is 10.2. The van der Waals surface area contributed by atoms with Crippen LogP contribution in [-0.2, 0) is 0 Å². The summed E-state index contributed by atoms with van der Waals surface area (Å²) in [6.07, 6.45) is 11.9. The van der Waals surface area contributed by atoms with E-state index in [2.05, 4.69) is 15.7 Å². The summed E-state index contributed by atoms with van der Waals surface area (Å²) in [5, 5.41) is 9.95. The second-order valence-electron chi connectivity index (χ2n) is 7.93. The van der Waals surface area contributed by atoms with Gasteiger partial charge in [0, 0.05) is 31.5 Å². The Kier molecular flexibility index (Phi) is 4.39. The molecule has 1 aliphatic heterocycles. The van der Waals surface area contributed by atoms with Crippen molar-refractivity contribution in [1.82, 2.24) is 23.8 Å². The first-order chi connectivity index (χ1) is 13.7. The predicted molar refractivity (Wildman–Crippen MR) is 105 cm³/mol. The molecule has 1 saturated carbocycles. The second kappa shape index (κ2) is 7.05. The summed E-state index contributed by atoms with van der Waals surface area (Å²) in [6, 6.07) is 6.28. The molecule has 0 spiro atoms. The highest BCUT2D eigenvalue weighted by Crippen LogP contribution is 2.31. The maximum absolute atomic E-state index is 13.1. The van der Waals surface area contributed by atoms with Gasteiger partial charge in [0.15, 0.2) is 11.5 Å². The zero-order chi connectivity index (χ0) is 19.1. The van der Waals surface area contributed by atoms with Crippen LogP contribution in [0, 0.1) is 0 Å². The maximum Gasteiger partial charge on any atom is 0.274 e. The quantitative estimate of drug-likeness (QED) is 0.759. The molecule has 28 heavy (non-hydrogen) atoms. The van der Waals surface area contributed by atoms with Crippen molar-refractivity contribution in [3.05, 3.63) is 42.6 Å². The number of carbonyl (C=O) groups is 1. The molecule has 0 aromatic carbocycles. The van der Waals surface area contributed by atoms with Crippen LogP contribution in [0.15, 0.2) is 36.9 Å². The number of hydrogen-bond acceptors (Lipinski definition) is 4. The first kappa shape index (κ1) is 17.4. The minimum absolute atomic E-state index is 0.121. The van der Waals surface area contributed by atoms with Gasteiger partial charge in [-0.25, -0.2) is 9.97 Å². The van der Waals surface area contributed by atoms with E-state index in [1.54, 1.807) is 4.90 Å². The van der Waals surface area contributed by atoms with Crippen LogP contribution in [0.2, 0.25) is 0 Å². The second-order valence-corrected chi connectivity index (χ2v) is 7.93. The standard InChI is InChI=1S/C21H25N5O2/c27-16-8-5-10-24(12-16)21(28)19-18-9-3-4-11-26(18)20(23-19)17-13-25(14-22-17)15-6-1-2-7-15/h3-4,9,11,13-16,27H,1-2,5-8,10,12H2. The number of fused-ring (bicyclic) bond motifs is 1. The average Bonchev–Trinajstić information content (AvgIpc) is 3.45. The third-order valence-electron chi connectivity index (χ3n) is 6.01. The van der Waals surface area contributed by atoms with Crippen LogP contribution in [0.1, 0.15) is 55.1 Å². The van der Waals surface area contributed by atoms with Gasteiger partial charge in [-0.15, -0.1) is 0 Å². The zero-order valence-corrected chi connectivity index (χ0v) is 15.9. The summed E-state index contributed by atoms with van der Waals surface area (Å²) in [5.74, 6) is 0.567. The van der Waals surface area contributed by atoms with Gasteiger partial charge in [-0.1, -0.05) is 18.9 Å². The Morgan fingerprint density at radius 1 is 1.14 bits per heavy atom. The number of likely N-dealkylation sites (tertiary alicyclic amines) is 1. The van der Waals surface area contributed by atoms with Crippen molar-refractivity contribution in [1.29, 1.82) is 0 Å². The van der Waals surface area contributed by atoms with Crippen molar-refractivity contribution < 1.29 is 9.90 Å². The number of carbonyl (C=O) groups excluding carboxylic acids is 1. The van der Waals surface area contributed by atoms with E-state index >= 15 is 0 Å². The molecule has 5 rings (SSSR count). The molecule has 0 radical (unpaired) electrons. The van der Waals surface area contributed by atoms with E-state index in [9.17, 15) is 9.90 Å². The van der Waals surface area contributed by atoms with Gasteiger partial charge in [0.25, 0.3) is 5.91 Å². The smallest absolute Gasteiger partial charge is 0.274 e. The van der Waals surface area contributed by atoms with Gasteiger partial charge >= 0.3 is 0 Å². The molecule has 1 atom stereocenters. The third-order valence-corrected chi connectivity index (χ3v) is 6.01. The van der Waals surface area contributed by atoms with E-state index in [-0.39, 0.29) is 5.91 Å². The lowest BCUT2D eigenvalue weighted by molar-refractivity contribution is 0.0471. The lowest BCUT2D eigenvalue weighted by Gasteiger charge is -2.29. The Bertz CT molecular complexity index is 1000. The van der Waals surface area contributed by atoms with Gasteiger partial charge < -0.3 is 14.6 Å². The van der Waals surface area contributed by atoms with Gasteiger partial charge in [-0.05, 0) is 37.8 Å². The minimum atomic E-state index is -0.451. The number of aromatic nitrogens is 4. The fourth-order valence-corrected chi connectivity index (χ4v) is 4.52. The Morgan fingerprint density at radius 3 is 2.82 bits per heavy atom. The molecule has 3 aromatic heterocycles. The number of amides is 1. The molecule has 146 valence electrons. The summed E-state index contributed by atoms with van der Waals surface area (Å²) >= 11 is 0. The molecule has 3 aromatic rings. The summed E-state index contributed by atoms with van der Waals surface area (Å²) in [4.78, 5) is 24.2. The normalized spacial score (nSPS) is 20.9. The third kappa shape index (κ3) is 2.99. The van der Waals surface area contributed by atoms with E-state index < -0.39 is 6.10 Å². The van der Waals surface area contributed by atoms with Gasteiger partial charge in [0.05, 0.1) is 17.9 Å². The van der Waals surface area contributed by atoms with E-state index in [1.807, 2.05) is 35.1 Å². The molecular formula is C21H25N5O2. The lowest BCUT2D eigenvalue weighted by Crippen LogP contribution is -2.42. The van der Waals surface area contributed by atoms with Crippen molar-refractivity contribution in [2.24, 2.45) is 0 Å². The summed E-state index contributed by atoms with van der Waals surface area (Å²) in [7, 11) is 0. The number of imidazole rings is 2. The van der Waals surface area contributed by atoms with Crippen molar-refractivity contribution in [3.8, 4) is 11.5 Å². The van der Waals surface area contributed by atoms with Gasteiger partial charge in [0.2, 0.25) is 0 Å². The van der Waals surface area contributed by atoms with E-state index in [1.165, 1.54) is 25.7 Å². The Hall–Kier alpha value is -2.67. The summed E-state index contributed by atoms with van der Waals surface area (Å²) in [5.41, 5.74) is 1.99. The highest BCUT2D eigenvalue weighted by molar-refractivity contribution is 6.00. The lowest BCUT2D eigenvalue weighted by atomic mass is 10.1. The SMILES string of the molecule is O=C(c1nc(-c2cn(C3CCCC3)cn2)n2ccccc12)N1CCCC(O)C1. The number of rotatable bonds is 3. The topological polar surface area (TPSA) is 75.7 Å². The Labute approximate surface area is 163 Å². The highest BCUT2D eigenvalue weighted by Gasteiger charge is 2.28. The molecule has 1 aliphatic carbocycles. The fourth-order valence-electron chi connectivity index (χ4n) is 4.52. The van der Waals surface area contributed by atoms with Crippen LogP contribution in [0.25, 0.3) is 17.0 Å². The number of hydrogen-bond donors (Lipinski definition) is 1. The summed E-state index contributed by atoms with van der Waals surface area (Å²) in [6.45, 7) is 1.03. The molecule has 2 fully saturated rings. The van der Waals surface area contributed by atoms with Crippen LogP contribution >= 0.6 is 0 Å². The van der Waals surface area contributed by atoms with Gasteiger partial charge in [0.1, 0.15) is 5.69 Å². The Morgan fingerprint density at radius 2 is 2.00 bits per heavy atom. The summed E-state index contributed by atoms with van der Waals surface area (Å²) < 4.78 is 4.13. The number of aliphatic hydroxyl groups excluding tert-OH is 1. The number of aliphatic hydroxyl groups is 1. The molecule has 2 aliphatic rings. The molecule has 1 saturated heterocycles. The molecule has 7 nitrogen and oxygen atoms in total. The molecule has 7 heteroatoms. The highest BCUT2D eigenvalue weighted by atomic mass is 16.3.